The number of hydrogen-bond acceptors (Lipinski definition) is 40. The first-order chi connectivity index (χ1) is 57.4. The Morgan fingerprint density at radius 2 is 0.763 bits per heavy atom. The standard InChI is InChI=1S/C15H20BrN5O4.2C15H21N5O4.C14H19N5O4.C13H17N5O4/c1-22-6-15-4-3-5-24-10(15)9(23-2)13(25-15)21-12-8(20-14(21)16)11(17)18-7-19-12;1-21-6-15-4-3-5-23-11(15)10(22-2)14(24-15)20-8-19-9-12(16)17-7-18-13(9)20;1-4-5-23-11-9(6-21-2)24-15(12(11)22-3)20-8-19-10-13(16)17-7-18-14(10)20;1-20-5-14-3-4-22-10(14)9(21-2)13(23-14)19-7-18-8-11(15)16-6-17-12(8)19;1-19-3-13-4-21-9(13)8(20-2)12(22-13)18-6-17-7-10(14)15-5-16-11(7)18/h7,9-10,13H,3-6H2,1-2H3,(H2,17,18,19);7-8,10-11,14H,3-6H2,1-2H3,(H2,16,17,18);4,7-9,11-12,15H,1,5-6H2,2-3H3,(H2,16,17,18);6-7,9-10,13H,3-5H2,1-2H3,(H2,15,16,17);5-6,8-9,12H,3-4H2,1-2H3,(H2,14,15,16)/t9-,10?,13+,15+;10-,11?,14+,15+;9-,11?,12+,15-;9-,10?,13+,14+;8-,9?,12+,13-/m00100/s1. The van der Waals surface area contributed by atoms with Gasteiger partial charge in [-0.15, -0.1) is 6.58 Å². The van der Waals surface area contributed by atoms with Gasteiger partial charge in [-0.25, -0.2) is 74.8 Å². The summed E-state index contributed by atoms with van der Waals surface area (Å²) in [5.41, 5.74) is 32.9. The number of imidazole rings is 5. The van der Waals surface area contributed by atoms with Crippen LogP contribution < -0.4 is 28.7 Å². The Hall–Kier alpha value is -8.83. The van der Waals surface area contributed by atoms with Gasteiger partial charge >= 0.3 is 0 Å². The van der Waals surface area contributed by atoms with Gasteiger partial charge in [-0.05, 0) is 41.6 Å². The lowest BCUT2D eigenvalue weighted by Gasteiger charge is -2.43. The van der Waals surface area contributed by atoms with Crippen molar-refractivity contribution in [1.82, 2.24) is 97.6 Å². The fourth-order valence-electron chi connectivity index (χ4n) is 17.4. The van der Waals surface area contributed by atoms with Crippen LogP contribution >= 0.6 is 15.9 Å². The highest BCUT2D eigenvalue weighted by Gasteiger charge is 2.65. The van der Waals surface area contributed by atoms with Crippen molar-refractivity contribution >= 4 is 101 Å². The smallest absolute Gasteiger partial charge is 0.181 e. The summed E-state index contributed by atoms with van der Waals surface area (Å²) in [7, 11) is 16.4. The summed E-state index contributed by atoms with van der Waals surface area (Å²) in [5, 5.41) is 0. The van der Waals surface area contributed by atoms with Gasteiger partial charge in [0.15, 0.2) is 98.7 Å². The topological polar surface area (TPSA) is 533 Å². The van der Waals surface area contributed by atoms with Crippen LogP contribution in [0.15, 0.2) is 74.3 Å². The molecule has 20 atom stereocenters. The van der Waals surface area contributed by atoms with Gasteiger partial charge < -0.3 is 123 Å². The van der Waals surface area contributed by atoms with Crippen LogP contribution in [0.5, 0.6) is 0 Å². The van der Waals surface area contributed by atoms with Crippen LogP contribution in [0.4, 0.5) is 29.1 Å². The number of nitrogens with two attached hydrogens (primary N) is 5. The Morgan fingerprint density at radius 1 is 0.407 bits per heavy atom. The molecule has 638 valence electrons. The van der Waals surface area contributed by atoms with E-state index >= 15 is 0 Å². The van der Waals surface area contributed by atoms with E-state index in [-0.39, 0.29) is 67.1 Å². The molecule has 0 radical (unpaired) electrons. The summed E-state index contributed by atoms with van der Waals surface area (Å²) in [4.78, 5) is 62.9. The molecule has 0 amide bonds. The van der Waals surface area contributed by atoms with Crippen molar-refractivity contribution in [2.24, 2.45) is 0 Å². The number of nitrogens with zero attached hydrogens (tertiary/aromatic N) is 20. The van der Waals surface area contributed by atoms with Crippen molar-refractivity contribution in [3.8, 4) is 0 Å². The molecular formula is C72H98BrN25O20. The first kappa shape index (κ1) is 84.2. The van der Waals surface area contributed by atoms with Crippen LogP contribution in [0.25, 0.3) is 55.8 Å². The lowest BCUT2D eigenvalue weighted by atomic mass is 9.88. The third-order valence-corrected chi connectivity index (χ3v) is 23.1. The van der Waals surface area contributed by atoms with Crippen LogP contribution in [-0.2, 0) is 94.7 Å². The second kappa shape index (κ2) is 35.8. The maximum Gasteiger partial charge on any atom is 0.181 e. The molecule has 19 heterocycles. The van der Waals surface area contributed by atoms with Gasteiger partial charge in [0.05, 0.1) is 78.2 Å². The number of rotatable bonds is 23. The fraction of sp³-hybridized carbons (Fsp3) is 0.625. The molecule has 9 fully saturated rings. The Kier molecular flexibility index (Phi) is 25.6. The van der Waals surface area contributed by atoms with E-state index in [4.69, 9.17) is 123 Å². The van der Waals surface area contributed by atoms with Crippen LogP contribution in [0, 0.1) is 0 Å². The molecule has 45 nitrogen and oxygen atoms in total. The molecule has 19 rings (SSSR count). The van der Waals surface area contributed by atoms with Gasteiger partial charge in [0.25, 0.3) is 0 Å². The monoisotopic (exact) mass is 1710 g/mol. The zero-order valence-corrected chi connectivity index (χ0v) is 68.3. The molecule has 10 aromatic heterocycles. The second-order valence-electron chi connectivity index (χ2n) is 29.2. The largest absolute Gasteiger partial charge is 0.382 e. The number of methoxy groups -OCH3 is 10. The fourth-order valence-corrected chi connectivity index (χ4v) is 17.9. The van der Waals surface area contributed by atoms with Crippen molar-refractivity contribution in [3.63, 3.8) is 0 Å². The molecule has 46 heteroatoms. The number of fused-ring (bicyclic) bond motifs is 9. The average molecular weight is 1710 g/mol. The SMILES string of the molecule is C=CCOC1[C@@H](COC)O[C@@H](n2cnc3c(N)ncnc32)[C@H]1OC.COC[C@]12CCCOC1[C@H](OC)[C@H](n1c(Br)nc3c(N)ncnc31)O2.COC[C@]12CCCOC1[C@H](OC)[C@H](n1cnc3c(N)ncnc31)O2.COC[C@]12CCOC1[C@H](OC)[C@H](n1cnc3c(N)ncnc31)O2.COC[C@]12COC1[C@H](OC)[C@H](n1cnc3c(N)ncnc31)O2. The van der Waals surface area contributed by atoms with Gasteiger partial charge in [0, 0.05) is 90.7 Å². The van der Waals surface area contributed by atoms with E-state index in [9.17, 15) is 0 Å². The molecule has 10 aromatic rings. The third-order valence-electron chi connectivity index (χ3n) is 22.5. The number of hydrogen-bond donors (Lipinski definition) is 5. The van der Waals surface area contributed by atoms with Crippen molar-refractivity contribution in [1.29, 1.82) is 0 Å². The average Bonchev–Trinajstić information content (AvgIpc) is 1.64. The van der Waals surface area contributed by atoms with Gasteiger partial charge in [-0.2, -0.15) is 0 Å². The Bertz CT molecular complexity index is 5080. The predicted octanol–water partition coefficient (Wildman–Crippen LogP) is 2.20. The normalized spacial score (nSPS) is 31.8. The van der Waals surface area contributed by atoms with Crippen molar-refractivity contribution in [3.05, 3.63) is 74.3 Å². The van der Waals surface area contributed by atoms with E-state index in [1.165, 1.54) is 31.6 Å². The van der Waals surface area contributed by atoms with Crippen molar-refractivity contribution in [2.45, 2.75) is 153 Å². The van der Waals surface area contributed by atoms with Crippen LogP contribution in [0.3, 0.4) is 0 Å². The van der Waals surface area contributed by atoms with E-state index in [1.54, 1.807) is 112 Å². The van der Waals surface area contributed by atoms with Gasteiger partial charge in [0.2, 0.25) is 0 Å². The molecule has 9 saturated heterocycles. The van der Waals surface area contributed by atoms with Crippen LogP contribution in [0.1, 0.15) is 63.2 Å². The highest BCUT2D eigenvalue weighted by Crippen LogP contribution is 2.52. The van der Waals surface area contributed by atoms with Crippen molar-refractivity contribution in [2.75, 3.05) is 166 Å². The van der Waals surface area contributed by atoms with Gasteiger partial charge in [-0.3, -0.25) is 22.8 Å². The highest BCUT2D eigenvalue weighted by molar-refractivity contribution is 9.10. The lowest BCUT2D eigenvalue weighted by Crippen LogP contribution is -2.61. The van der Waals surface area contributed by atoms with Gasteiger partial charge in [-0.1, -0.05) is 6.08 Å². The summed E-state index contributed by atoms with van der Waals surface area (Å²) in [6.07, 6.45) is 14.4. The summed E-state index contributed by atoms with van der Waals surface area (Å²) < 4.78 is 126. The summed E-state index contributed by atoms with van der Waals surface area (Å²) in [6.45, 7) is 8.66. The summed E-state index contributed by atoms with van der Waals surface area (Å²) >= 11 is 3.49. The van der Waals surface area contributed by atoms with E-state index in [0.29, 0.717) is 156 Å². The minimum absolute atomic E-state index is 0.181. The summed E-state index contributed by atoms with van der Waals surface area (Å²) in [6, 6.07) is 0. The summed E-state index contributed by atoms with van der Waals surface area (Å²) in [5.74, 6) is 1.64. The maximum atomic E-state index is 6.49. The number of nitrogen functional groups attached to an aromatic ring is 5. The molecule has 10 N–H and O–H groups in total. The van der Waals surface area contributed by atoms with Crippen LogP contribution in [0.2, 0.25) is 0 Å². The predicted molar refractivity (Wildman–Crippen MR) is 417 cm³/mol. The highest BCUT2D eigenvalue weighted by atomic mass is 79.9. The number of aromatic nitrogens is 20. The molecule has 0 saturated carbocycles. The molecular weight excluding hydrogens is 1610 g/mol. The van der Waals surface area contributed by atoms with E-state index in [2.05, 4.69) is 97.3 Å². The zero-order chi connectivity index (χ0) is 82.8. The minimum Gasteiger partial charge on any atom is -0.382 e. The number of anilines is 5. The molecule has 0 aromatic carbocycles. The molecule has 118 heavy (non-hydrogen) atoms. The first-order valence-electron chi connectivity index (χ1n) is 37.9. The van der Waals surface area contributed by atoms with E-state index in [1.807, 2.05) is 13.7 Å². The van der Waals surface area contributed by atoms with E-state index in [0.717, 1.165) is 32.1 Å². The Morgan fingerprint density at radius 3 is 1.15 bits per heavy atom. The first-order valence-corrected chi connectivity index (χ1v) is 38.7. The Labute approximate surface area is 683 Å². The van der Waals surface area contributed by atoms with Crippen LogP contribution in [-0.4, -0.2) is 324 Å². The van der Waals surface area contributed by atoms with Crippen molar-refractivity contribution < 1.29 is 94.7 Å². The molecule has 9 aliphatic rings. The third kappa shape index (κ3) is 15.1. The molecule has 9 aliphatic heterocycles. The maximum absolute atomic E-state index is 6.49. The number of ether oxygens (including phenoxy) is 20. The molecule has 0 spiro atoms. The second-order valence-corrected chi connectivity index (χ2v) is 29.9. The molecule has 5 unspecified atom stereocenters. The molecule has 0 bridgehead atoms. The Balaban J connectivity index is 0.000000115. The van der Waals surface area contributed by atoms with Gasteiger partial charge in [0.1, 0.15) is 143 Å². The van der Waals surface area contributed by atoms with E-state index < -0.39 is 53.5 Å². The minimum atomic E-state index is -0.563. The lowest BCUT2D eigenvalue weighted by molar-refractivity contribution is -0.250. The quantitative estimate of drug-likeness (QED) is 0.0452. The zero-order valence-electron chi connectivity index (χ0n) is 66.7. The molecule has 0 aliphatic carbocycles. The number of halogens is 1.